The number of methoxy groups -OCH3 is 3. The van der Waals surface area contributed by atoms with Gasteiger partial charge in [0.15, 0.2) is 0 Å². The molecule has 1 amide bonds. The molecule has 9 aromatic rings. The number of ether oxygens (including phenoxy) is 6. The van der Waals surface area contributed by atoms with Crippen LogP contribution in [-0.2, 0) is 38.8 Å². The molecule has 574 valence electrons. The van der Waals surface area contributed by atoms with Crippen LogP contribution in [0.1, 0.15) is 180 Å². The zero-order valence-corrected chi connectivity index (χ0v) is 64.0. The van der Waals surface area contributed by atoms with Crippen molar-refractivity contribution in [3.8, 4) is 33.4 Å². The van der Waals surface area contributed by atoms with E-state index in [1.165, 1.54) is 11.4 Å². The van der Waals surface area contributed by atoms with Crippen LogP contribution in [0.25, 0.3) is 49.9 Å². The first-order chi connectivity index (χ1) is 50.9. The van der Waals surface area contributed by atoms with E-state index in [1.807, 2.05) is 106 Å². The third-order valence-electron chi connectivity index (χ3n) is 22.3. The molecule has 0 bridgehead atoms. The van der Waals surface area contributed by atoms with Gasteiger partial charge in [0.1, 0.15) is 5.54 Å². The molecule has 1 unspecified atom stereocenters. The molecule has 29 heteroatoms. The van der Waals surface area contributed by atoms with Crippen LogP contribution in [0.3, 0.4) is 0 Å². The van der Waals surface area contributed by atoms with E-state index >= 15 is 0 Å². The number of rotatable bonds is 22. The number of nitrogens with one attached hydrogen (secondary N) is 3. The van der Waals surface area contributed by atoms with E-state index in [9.17, 15) is 20.1 Å². The number of morpholine rings is 1. The van der Waals surface area contributed by atoms with Crippen molar-refractivity contribution in [2.24, 2.45) is 17.3 Å². The molecule has 3 aliphatic carbocycles. The summed E-state index contributed by atoms with van der Waals surface area (Å²) in [7, 11) is 5.05. The molecule has 3 saturated heterocycles. The summed E-state index contributed by atoms with van der Waals surface area (Å²) in [6, 6.07) is 7.53. The highest BCUT2D eigenvalue weighted by atomic mass is 16.5. The molecule has 0 radical (unpaired) electrons. The number of aromatic nitrogens is 15. The summed E-state index contributed by atoms with van der Waals surface area (Å²) in [6.45, 7) is 26.9. The molecule has 6 fully saturated rings. The highest BCUT2D eigenvalue weighted by Gasteiger charge is 2.41. The van der Waals surface area contributed by atoms with E-state index in [1.54, 1.807) is 26.0 Å². The van der Waals surface area contributed by atoms with Crippen molar-refractivity contribution in [2.75, 3.05) is 103 Å². The molecule has 0 spiro atoms. The standard InChI is InChI=1S/C31H47N7O4.2C23H32N6O3/c1-20(19-41-7)34-29-32-16-26-24(14-25(38(26)35-29)21-8-10-23(39)11-9-21)22-15-33-37(17-22)31(5,6)28(40)36-12-13-42-27(18-36)30(2,3)4;2*1-14-6-16(4-5-22(14)30)20-7-19(17-8-25-28(10-17)18-12-32-13-18)21-9-24-23(27-29(20)21)26-15(2)11-31-3/h14-17,20-21,23,27,39H,8-13,18-19H2,1-7H3,(H,34,35);2*7-10,14-16,18,22,30H,4-6,11-13H2,1-3H3,(H,26,27)/t20-,21?,23?,27?;14-,15+,16-,22+;14-,15-,16+,22-/m010/s1. The second kappa shape index (κ2) is 32.8. The fourth-order valence-electron chi connectivity index (χ4n) is 15.7. The molecule has 12 heterocycles. The van der Waals surface area contributed by atoms with Gasteiger partial charge < -0.3 is 64.6 Å². The lowest BCUT2D eigenvalue weighted by molar-refractivity contribution is -0.151. The molecule has 9 aromatic heterocycles. The maximum absolute atomic E-state index is 13.8. The minimum atomic E-state index is -0.874. The quantitative estimate of drug-likeness (QED) is 0.0367. The molecule has 15 rings (SSSR count). The van der Waals surface area contributed by atoms with Crippen LogP contribution < -0.4 is 16.0 Å². The molecule has 3 aliphatic heterocycles. The van der Waals surface area contributed by atoms with Gasteiger partial charge in [-0.15, -0.1) is 15.3 Å². The zero-order valence-electron chi connectivity index (χ0n) is 64.0. The van der Waals surface area contributed by atoms with Crippen LogP contribution in [0.5, 0.6) is 0 Å². The fourth-order valence-corrected chi connectivity index (χ4v) is 15.7. The summed E-state index contributed by atoms with van der Waals surface area (Å²) in [5.74, 6) is 3.21. The molecule has 106 heavy (non-hydrogen) atoms. The van der Waals surface area contributed by atoms with E-state index in [4.69, 9.17) is 48.8 Å². The maximum Gasteiger partial charge on any atom is 0.250 e. The van der Waals surface area contributed by atoms with Gasteiger partial charge >= 0.3 is 0 Å². The Bertz CT molecular complexity index is 4230. The van der Waals surface area contributed by atoms with Gasteiger partial charge in [-0.3, -0.25) is 18.8 Å². The van der Waals surface area contributed by atoms with Crippen molar-refractivity contribution in [1.82, 2.24) is 78.0 Å². The molecule has 0 aromatic carbocycles. The third kappa shape index (κ3) is 16.8. The summed E-state index contributed by atoms with van der Waals surface area (Å²) >= 11 is 0. The molecular weight excluding hydrogens is 1350 g/mol. The van der Waals surface area contributed by atoms with Crippen molar-refractivity contribution < 1.29 is 48.5 Å². The van der Waals surface area contributed by atoms with Crippen molar-refractivity contribution in [2.45, 2.75) is 211 Å². The van der Waals surface area contributed by atoms with Crippen molar-refractivity contribution in [3.63, 3.8) is 0 Å². The first-order valence-corrected chi connectivity index (χ1v) is 38.1. The Balaban J connectivity index is 0.000000143. The van der Waals surface area contributed by atoms with E-state index in [0.29, 0.717) is 108 Å². The summed E-state index contributed by atoms with van der Waals surface area (Å²) in [6.07, 6.45) is 25.5. The number of carbonyl (C=O) groups is 1. The van der Waals surface area contributed by atoms with E-state index in [0.717, 1.165) is 120 Å². The Morgan fingerprint density at radius 3 is 1.33 bits per heavy atom. The van der Waals surface area contributed by atoms with E-state index in [2.05, 4.69) is 106 Å². The van der Waals surface area contributed by atoms with Gasteiger partial charge in [0.2, 0.25) is 23.8 Å². The smallest absolute Gasteiger partial charge is 0.250 e. The number of hydrogen-bond donors (Lipinski definition) is 6. The summed E-state index contributed by atoms with van der Waals surface area (Å²) < 4.78 is 44.2. The van der Waals surface area contributed by atoms with E-state index < -0.39 is 5.54 Å². The van der Waals surface area contributed by atoms with Crippen LogP contribution >= 0.6 is 0 Å². The Morgan fingerprint density at radius 1 is 0.547 bits per heavy atom. The monoisotopic (exact) mass is 1460 g/mol. The van der Waals surface area contributed by atoms with Gasteiger partial charge in [-0.2, -0.15) is 15.3 Å². The third-order valence-corrected chi connectivity index (χ3v) is 22.3. The Kier molecular flexibility index (Phi) is 23.6. The fraction of sp³-hybridized carbons (Fsp3) is 0.636. The van der Waals surface area contributed by atoms with Crippen LogP contribution in [0.15, 0.2) is 74.0 Å². The highest BCUT2D eigenvalue weighted by Crippen LogP contribution is 2.44. The van der Waals surface area contributed by atoms with Gasteiger partial charge in [-0.25, -0.2) is 28.5 Å². The Hall–Kier alpha value is -8.00. The molecule has 3 saturated carbocycles. The topological polar surface area (TPSA) is 316 Å². The first kappa shape index (κ1) is 76.2. The number of amides is 1. The van der Waals surface area contributed by atoms with Gasteiger partial charge in [0, 0.05) is 139 Å². The Labute approximate surface area is 620 Å². The van der Waals surface area contributed by atoms with Crippen molar-refractivity contribution in [1.29, 1.82) is 0 Å². The predicted octanol–water partition coefficient (Wildman–Crippen LogP) is 9.82. The van der Waals surface area contributed by atoms with Crippen LogP contribution in [-0.4, -0.2) is 229 Å². The summed E-state index contributed by atoms with van der Waals surface area (Å²) in [5, 5.41) is 69.0. The highest BCUT2D eigenvalue weighted by molar-refractivity contribution is 5.85. The lowest BCUT2D eigenvalue weighted by Gasteiger charge is -2.42. The van der Waals surface area contributed by atoms with Crippen LogP contribution in [0, 0.1) is 17.3 Å². The number of fused-ring (bicyclic) bond motifs is 3. The van der Waals surface area contributed by atoms with E-state index in [-0.39, 0.29) is 71.6 Å². The van der Waals surface area contributed by atoms with Gasteiger partial charge in [-0.05, 0) is 134 Å². The largest absolute Gasteiger partial charge is 0.393 e. The minimum absolute atomic E-state index is 0.0110. The predicted molar refractivity (Wildman–Crippen MR) is 403 cm³/mol. The number of hydrogen-bond acceptors (Lipinski definition) is 22. The maximum atomic E-state index is 13.8. The normalized spacial score (nSPS) is 24.2. The lowest BCUT2D eigenvalue weighted by atomic mass is 9.79. The van der Waals surface area contributed by atoms with Gasteiger partial charge in [0.25, 0.3) is 0 Å². The number of aliphatic hydroxyl groups is 3. The van der Waals surface area contributed by atoms with Crippen LogP contribution in [0.4, 0.5) is 17.8 Å². The molecule has 10 atom stereocenters. The lowest BCUT2D eigenvalue weighted by Crippen LogP contribution is -2.55. The van der Waals surface area contributed by atoms with Crippen molar-refractivity contribution in [3.05, 3.63) is 91.1 Å². The second-order valence-corrected chi connectivity index (χ2v) is 32.2. The summed E-state index contributed by atoms with van der Waals surface area (Å²) in [5.41, 5.74) is 11.5. The van der Waals surface area contributed by atoms with Crippen LogP contribution in [0.2, 0.25) is 0 Å². The number of nitrogens with zero attached hydrogens (tertiary/aromatic N) is 16. The average Bonchev–Trinajstić information content (AvgIpc) is 1.61. The Morgan fingerprint density at radius 2 is 0.943 bits per heavy atom. The minimum Gasteiger partial charge on any atom is -0.393 e. The SMILES string of the molecule is COC[C@H](C)Nc1ncc2c(-c3cnn(C(C)(C)C(=O)N4CCOC(C(C)(C)C)C4)c3)cc(C3CCC(O)CC3)n2n1.COC[C@H](C)Nc1ncc2c(-c3cnn(C4COC4)c3)cc([C@@H]3CC[C@H](O)[C@@H](C)C3)n2n1.COC[C@H](C)Nc1ncc2c(-c3cnn(C4COC4)c3)cc([C@@H]3CC[C@H](O)[C@H](C)C3)n2n1. The van der Waals surface area contributed by atoms with Gasteiger partial charge in [0.05, 0.1) is 143 Å². The number of carbonyl (C=O) groups excluding carboxylic acids is 1. The number of anilines is 3. The second-order valence-electron chi connectivity index (χ2n) is 32.2. The average molecular weight is 1460 g/mol. The zero-order chi connectivity index (χ0) is 74.7. The first-order valence-electron chi connectivity index (χ1n) is 38.1. The summed E-state index contributed by atoms with van der Waals surface area (Å²) in [4.78, 5) is 29.5. The molecule has 6 N–H and O–H groups in total. The molecule has 6 aliphatic rings. The molecular formula is C77H111N19O10. The number of aliphatic hydroxyl groups excluding tert-OH is 3. The van der Waals surface area contributed by atoms with Crippen molar-refractivity contribution >= 4 is 40.3 Å². The molecule has 29 nitrogen and oxygen atoms in total. The van der Waals surface area contributed by atoms with Gasteiger partial charge in [-0.1, -0.05) is 34.6 Å².